The molecule has 2 aromatic carbocycles. The van der Waals surface area contributed by atoms with E-state index in [4.69, 9.17) is 9.26 Å². The standard InChI is InChI=1S/C16H13N3O3/c1-21-13-10-6-5-9-12(13)14(20)17-16-18-15(22-19-16)11-7-3-2-4-8-11/h2-10H,1H3,(H,17,19,20). The zero-order valence-corrected chi connectivity index (χ0v) is 11.8. The van der Waals surface area contributed by atoms with Crippen molar-refractivity contribution in [2.75, 3.05) is 12.4 Å². The summed E-state index contributed by atoms with van der Waals surface area (Å²) in [5.41, 5.74) is 1.18. The molecule has 1 heterocycles. The SMILES string of the molecule is COc1ccccc1C(=O)Nc1noc(-c2ccccc2)n1. The Labute approximate surface area is 126 Å². The highest BCUT2D eigenvalue weighted by molar-refractivity contribution is 6.05. The molecule has 0 saturated carbocycles. The Bertz CT molecular complexity index is 784. The van der Waals surface area contributed by atoms with E-state index in [0.29, 0.717) is 17.2 Å². The molecule has 0 aliphatic carbocycles. The lowest BCUT2D eigenvalue weighted by Gasteiger charge is -2.06. The average Bonchev–Trinajstić information content (AvgIpc) is 3.04. The summed E-state index contributed by atoms with van der Waals surface area (Å²) >= 11 is 0. The quantitative estimate of drug-likeness (QED) is 0.800. The summed E-state index contributed by atoms with van der Waals surface area (Å²) < 4.78 is 10.3. The maximum absolute atomic E-state index is 12.2. The molecule has 0 fully saturated rings. The minimum Gasteiger partial charge on any atom is -0.496 e. The summed E-state index contributed by atoms with van der Waals surface area (Å²) in [5, 5.41) is 6.34. The Kier molecular flexibility index (Phi) is 3.82. The van der Waals surface area contributed by atoms with E-state index >= 15 is 0 Å². The fraction of sp³-hybridized carbons (Fsp3) is 0.0625. The van der Waals surface area contributed by atoms with E-state index < -0.39 is 0 Å². The van der Waals surface area contributed by atoms with Crippen molar-refractivity contribution in [3.63, 3.8) is 0 Å². The van der Waals surface area contributed by atoms with E-state index in [1.54, 1.807) is 24.3 Å². The van der Waals surface area contributed by atoms with E-state index in [2.05, 4.69) is 15.5 Å². The van der Waals surface area contributed by atoms with Crippen molar-refractivity contribution in [1.82, 2.24) is 10.1 Å². The summed E-state index contributed by atoms with van der Waals surface area (Å²) in [5.74, 6) is 0.565. The van der Waals surface area contributed by atoms with Crippen molar-refractivity contribution in [1.29, 1.82) is 0 Å². The Morgan fingerprint density at radius 2 is 1.82 bits per heavy atom. The number of anilines is 1. The molecule has 110 valence electrons. The van der Waals surface area contributed by atoms with Crippen LogP contribution in [-0.2, 0) is 0 Å². The first-order valence-corrected chi connectivity index (χ1v) is 6.61. The zero-order chi connectivity index (χ0) is 15.4. The van der Waals surface area contributed by atoms with Crippen LogP contribution in [0.4, 0.5) is 5.95 Å². The molecule has 0 aliphatic heterocycles. The highest BCUT2D eigenvalue weighted by atomic mass is 16.5. The summed E-state index contributed by atoms with van der Waals surface area (Å²) in [4.78, 5) is 16.4. The van der Waals surface area contributed by atoms with Gasteiger partial charge in [-0.05, 0) is 29.4 Å². The lowest BCUT2D eigenvalue weighted by molar-refractivity contribution is 0.102. The summed E-state index contributed by atoms with van der Waals surface area (Å²) in [6, 6.07) is 16.2. The normalized spacial score (nSPS) is 10.2. The number of para-hydroxylation sites is 1. The van der Waals surface area contributed by atoms with Gasteiger partial charge in [0, 0.05) is 5.56 Å². The van der Waals surface area contributed by atoms with Gasteiger partial charge in [-0.1, -0.05) is 30.3 Å². The number of nitrogens with zero attached hydrogens (tertiary/aromatic N) is 2. The van der Waals surface area contributed by atoms with Crippen molar-refractivity contribution >= 4 is 11.9 Å². The highest BCUT2D eigenvalue weighted by Crippen LogP contribution is 2.20. The number of methoxy groups -OCH3 is 1. The van der Waals surface area contributed by atoms with E-state index in [1.165, 1.54) is 7.11 Å². The molecule has 0 bridgehead atoms. The monoisotopic (exact) mass is 295 g/mol. The Morgan fingerprint density at radius 3 is 2.59 bits per heavy atom. The molecule has 0 atom stereocenters. The molecule has 0 unspecified atom stereocenters. The minimum atomic E-state index is -0.363. The van der Waals surface area contributed by atoms with Gasteiger partial charge in [-0.2, -0.15) is 4.98 Å². The van der Waals surface area contributed by atoms with Crippen LogP contribution in [-0.4, -0.2) is 23.2 Å². The van der Waals surface area contributed by atoms with Gasteiger partial charge in [-0.15, -0.1) is 0 Å². The smallest absolute Gasteiger partial charge is 0.270 e. The van der Waals surface area contributed by atoms with Crippen molar-refractivity contribution < 1.29 is 14.1 Å². The number of benzene rings is 2. The molecular weight excluding hydrogens is 282 g/mol. The van der Waals surface area contributed by atoms with Gasteiger partial charge in [0.25, 0.3) is 17.7 Å². The van der Waals surface area contributed by atoms with Gasteiger partial charge >= 0.3 is 0 Å². The number of aromatic nitrogens is 2. The summed E-state index contributed by atoms with van der Waals surface area (Å²) in [6.45, 7) is 0. The molecule has 6 heteroatoms. The maximum Gasteiger partial charge on any atom is 0.270 e. The van der Waals surface area contributed by atoms with Crippen LogP contribution in [0.25, 0.3) is 11.5 Å². The lowest BCUT2D eigenvalue weighted by atomic mass is 10.2. The molecule has 0 saturated heterocycles. The molecule has 0 spiro atoms. The van der Waals surface area contributed by atoms with Gasteiger partial charge in [0.15, 0.2) is 0 Å². The van der Waals surface area contributed by atoms with Crippen molar-refractivity contribution in [3.05, 3.63) is 60.2 Å². The number of amides is 1. The predicted octanol–water partition coefficient (Wildman–Crippen LogP) is 3.00. The first-order chi connectivity index (χ1) is 10.8. The second-order valence-corrected chi connectivity index (χ2v) is 4.44. The van der Waals surface area contributed by atoms with Crippen molar-refractivity contribution in [2.24, 2.45) is 0 Å². The molecular formula is C16H13N3O3. The third kappa shape index (κ3) is 2.80. The number of hydrogen-bond donors (Lipinski definition) is 1. The highest BCUT2D eigenvalue weighted by Gasteiger charge is 2.15. The number of hydrogen-bond acceptors (Lipinski definition) is 5. The summed E-state index contributed by atoms with van der Waals surface area (Å²) in [6.07, 6.45) is 0. The first kappa shape index (κ1) is 13.8. The van der Waals surface area contributed by atoms with Gasteiger partial charge in [0.1, 0.15) is 5.75 Å². The fourth-order valence-electron chi connectivity index (χ4n) is 1.97. The van der Waals surface area contributed by atoms with Crippen LogP contribution < -0.4 is 10.1 Å². The fourth-order valence-corrected chi connectivity index (χ4v) is 1.97. The summed E-state index contributed by atoms with van der Waals surface area (Å²) in [7, 11) is 1.51. The van der Waals surface area contributed by atoms with Gasteiger partial charge in [-0.25, -0.2) is 0 Å². The van der Waals surface area contributed by atoms with Crippen LogP contribution in [0.3, 0.4) is 0 Å². The largest absolute Gasteiger partial charge is 0.496 e. The number of carbonyl (C=O) groups excluding carboxylic acids is 1. The topological polar surface area (TPSA) is 77.2 Å². The maximum atomic E-state index is 12.2. The number of rotatable bonds is 4. The van der Waals surface area contributed by atoms with Gasteiger partial charge in [0.05, 0.1) is 12.7 Å². The molecule has 22 heavy (non-hydrogen) atoms. The van der Waals surface area contributed by atoms with Crippen LogP contribution >= 0.6 is 0 Å². The van der Waals surface area contributed by atoms with E-state index in [9.17, 15) is 4.79 Å². The van der Waals surface area contributed by atoms with E-state index in [1.807, 2.05) is 30.3 Å². The lowest BCUT2D eigenvalue weighted by Crippen LogP contribution is -2.14. The number of carbonyl (C=O) groups is 1. The molecule has 1 N–H and O–H groups in total. The molecule has 1 aromatic heterocycles. The molecule has 0 radical (unpaired) electrons. The van der Waals surface area contributed by atoms with Gasteiger partial charge < -0.3 is 9.26 Å². The third-order valence-corrected chi connectivity index (χ3v) is 3.02. The van der Waals surface area contributed by atoms with Crippen LogP contribution in [0, 0.1) is 0 Å². The Hall–Kier alpha value is -3.15. The third-order valence-electron chi connectivity index (χ3n) is 3.02. The van der Waals surface area contributed by atoms with E-state index in [-0.39, 0.29) is 11.9 Å². The second-order valence-electron chi connectivity index (χ2n) is 4.44. The van der Waals surface area contributed by atoms with Gasteiger partial charge in [0.2, 0.25) is 0 Å². The second kappa shape index (κ2) is 6.09. The van der Waals surface area contributed by atoms with Crippen molar-refractivity contribution in [2.45, 2.75) is 0 Å². The molecule has 0 aliphatic rings. The zero-order valence-electron chi connectivity index (χ0n) is 11.8. The average molecular weight is 295 g/mol. The van der Waals surface area contributed by atoms with Crippen LogP contribution in [0.15, 0.2) is 59.1 Å². The molecule has 3 aromatic rings. The molecule has 6 nitrogen and oxygen atoms in total. The first-order valence-electron chi connectivity index (χ1n) is 6.61. The van der Waals surface area contributed by atoms with E-state index in [0.717, 1.165) is 5.56 Å². The Balaban J connectivity index is 1.79. The number of nitrogens with one attached hydrogen (secondary N) is 1. The predicted molar refractivity (Wildman–Crippen MR) is 80.7 cm³/mol. The number of ether oxygens (including phenoxy) is 1. The molecule has 1 amide bonds. The minimum absolute atomic E-state index is 0.106. The van der Waals surface area contributed by atoms with Crippen LogP contribution in [0.2, 0.25) is 0 Å². The van der Waals surface area contributed by atoms with Crippen LogP contribution in [0.1, 0.15) is 10.4 Å². The molecule has 3 rings (SSSR count). The van der Waals surface area contributed by atoms with Crippen LogP contribution in [0.5, 0.6) is 5.75 Å². The van der Waals surface area contributed by atoms with Gasteiger partial charge in [-0.3, -0.25) is 10.1 Å². The van der Waals surface area contributed by atoms with Crippen molar-refractivity contribution in [3.8, 4) is 17.2 Å². The Morgan fingerprint density at radius 1 is 1.09 bits per heavy atom.